The summed E-state index contributed by atoms with van der Waals surface area (Å²) in [6.07, 6.45) is 0. The van der Waals surface area contributed by atoms with Crippen LogP contribution in [0.2, 0.25) is 0 Å². The van der Waals surface area contributed by atoms with Crippen molar-refractivity contribution in [3.05, 3.63) is 56.4 Å². The monoisotopic (exact) mass is 354 g/mol. The number of hydrogen-bond acceptors (Lipinski definition) is 3. The standard InChI is InChI=1S/C15H16BrFN2S/c16-14-9-12(17)1-2-13(14)15(11-3-8-20-10-11)19-6-4-18-5-7-19/h1-3,8-10,15,18H,4-7H2/t15-/m0/s1. The molecule has 1 aromatic carbocycles. The first kappa shape index (κ1) is 14.2. The third-order valence-corrected chi connectivity index (χ3v) is 5.02. The number of halogens is 2. The van der Waals surface area contributed by atoms with Crippen LogP contribution in [-0.2, 0) is 0 Å². The van der Waals surface area contributed by atoms with E-state index in [1.165, 1.54) is 5.56 Å². The van der Waals surface area contributed by atoms with Crippen molar-refractivity contribution < 1.29 is 4.39 Å². The van der Waals surface area contributed by atoms with Crippen LogP contribution in [-0.4, -0.2) is 31.1 Å². The minimum Gasteiger partial charge on any atom is -0.314 e. The lowest BCUT2D eigenvalue weighted by atomic mass is 9.99. The van der Waals surface area contributed by atoms with Crippen molar-refractivity contribution in [3.8, 4) is 0 Å². The molecular formula is C15H16BrFN2S. The molecule has 0 saturated carbocycles. The lowest BCUT2D eigenvalue weighted by Crippen LogP contribution is -2.45. The number of nitrogens with one attached hydrogen (secondary N) is 1. The fourth-order valence-corrected chi connectivity index (χ4v) is 3.93. The average molecular weight is 355 g/mol. The Balaban J connectivity index is 2.00. The van der Waals surface area contributed by atoms with E-state index in [2.05, 4.69) is 43.0 Å². The molecule has 0 aliphatic carbocycles. The van der Waals surface area contributed by atoms with E-state index in [1.807, 2.05) is 6.07 Å². The van der Waals surface area contributed by atoms with E-state index in [0.717, 1.165) is 36.2 Å². The maximum Gasteiger partial charge on any atom is 0.124 e. The topological polar surface area (TPSA) is 15.3 Å². The number of nitrogens with zero attached hydrogens (tertiary/aromatic N) is 1. The van der Waals surface area contributed by atoms with E-state index < -0.39 is 0 Å². The molecule has 1 aliphatic heterocycles. The van der Waals surface area contributed by atoms with Crippen molar-refractivity contribution in [2.45, 2.75) is 6.04 Å². The number of benzene rings is 1. The minimum atomic E-state index is -0.204. The Labute approximate surface area is 130 Å². The fraction of sp³-hybridized carbons (Fsp3) is 0.333. The van der Waals surface area contributed by atoms with Gasteiger partial charge in [0.15, 0.2) is 0 Å². The van der Waals surface area contributed by atoms with Gasteiger partial charge in [-0.05, 0) is 40.1 Å². The molecule has 0 radical (unpaired) electrons. The molecule has 1 fully saturated rings. The average Bonchev–Trinajstić information content (AvgIpc) is 2.97. The minimum absolute atomic E-state index is 0.193. The summed E-state index contributed by atoms with van der Waals surface area (Å²) in [5.74, 6) is -0.204. The summed E-state index contributed by atoms with van der Waals surface area (Å²) in [4.78, 5) is 2.45. The van der Waals surface area contributed by atoms with Crippen LogP contribution < -0.4 is 5.32 Å². The van der Waals surface area contributed by atoms with Crippen LogP contribution in [0.1, 0.15) is 17.2 Å². The predicted molar refractivity (Wildman–Crippen MR) is 84.7 cm³/mol. The second-order valence-corrected chi connectivity index (χ2v) is 6.55. The van der Waals surface area contributed by atoms with Gasteiger partial charge < -0.3 is 5.32 Å². The predicted octanol–water partition coefficient (Wildman–Crippen LogP) is 3.64. The second kappa shape index (κ2) is 6.35. The van der Waals surface area contributed by atoms with Gasteiger partial charge >= 0.3 is 0 Å². The fourth-order valence-electron chi connectivity index (χ4n) is 2.68. The van der Waals surface area contributed by atoms with Crippen molar-refractivity contribution in [1.29, 1.82) is 0 Å². The van der Waals surface area contributed by atoms with E-state index in [0.29, 0.717) is 0 Å². The summed E-state index contributed by atoms with van der Waals surface area (Å²) in [5.41, 5.74) is 2.41. The first-order valence-corrected chi connectivity index (χ1v) is 8.41. The summed E-state index contributed by atoms with van der Waals surface area (Å²) < 4.78 is 14.2. The van der Waals surface area contributed by atoms with Gasteiger partial charge in [-0.15, -0.1) is 0 Å². The van der Waals surface area contributed by atoms with E-state index in [4.69, 9.17) is 0 Å². The van der Waals surface area contributed by atoms with Crippen LogP contribution in [0.5, 0.6) is 0 Å². The molecule has 1 atom stereocenters. The largest absolute Gasteiger partial charge is 0.314 e. The van der Waals surface area contributed by atoms with Crippen molar-refractivity contribution in [3.63, 3.8) is 0 Å². The summed E-state index contributed by atoms with van der Waals surface area (Å²) >= 11 is 5.22. The van der Waals surface area contributed by atoms with E-state index in [9.17, 15) is 4.39 Å². The highest BCUT2D eigenvalue weighted by Gasteiger charge is 2.25. The van der Waals surface area contributed by atoms with Gasteiger partial charge in [0.1, 0.15) is 5.82 Å². The van der Waals surface area contributed by atoms with Gasteiger partial charge in [-0.25, -0.2) is 4.39 Å². The van der Waals surface area contributed by atoms with E-state index in [1.54, 1.807) is 23.5 Å². The van der Waals surface area contributed by atoms with Gasteiger partial charge in [0.25, 0.3) is 0 Å². The normalized spacial score (nSPS) is 18.1. The van der Waals surface area contributed by atoms with Crippen LogP contribution in [0.4, 0.5) is 4.39 Å². The second-order valence-electron chi connectivity index (χ2n) is 4.91. The SMILES string of the molecule is Fc1ccc([C@H](c2ccsc2)N2CCNCC2)c(Br)c1. The Hall–Kier alpha value is -0.750. The van der Waals surface area contributed by atoms with Crippen molar-refractivity contribution >= 4 is 27.3 Å². The molecule has 2 nitrogen and oxygen atoms in total. The zero-order chi connectivity index (χ0) is 13.9. The summed E-state index contributed by atoms with van der Waals surface area (Å²) in [6.45, 7) is 4.01. The first-order chi connectivity index (χ1) is 9.75. The number of piperazine rings is 1. The molecule has 106 valence electrons. The molecule has 0 spiro atoms. The molecule has 0 amide bonds. The summed E-state index contributed by atoms with van der Waals surface area (Å²) in [6, 6.07) is 7.34. The Bertz CT molecular complexity index is 567. The molecule has 0 unspecified atom stereocenters. The maximum atomic E-state index is 13.3. The smallest absolute Gasteiger partial charge is 0.124 e. The van der Waals surface area contributed by atoms with Gasteiger partial charge in [-0.2, -0.15) is 11.3 Å². The Morgan fingerprint density at radius 3 is 2.70 bits per heavy atom. The van der Waals surface area contributed by atoms with Crippen LogP contribution in [0.15, 0.2) is 39.5 Å². The molecule has 1 aromatic heterocycles. The van der Waals surface area contributed by atoms with Gasteiger partial charge in [-0.3, -0.25) is 4.90 Å². The Morgan fingerprint density at radius 2 is 2.05 bits per heavy atom. The molecule has 2 heterocycles. The maximum absolute atomic E-state index is 13.3. The lowest BCUT2D eigenvalue weighted by Gasteiger charge is -2.35. The first-order valence-electron chi connectivity index (χ1n) is 6.67. The van der Waals surface area contributed by atoms with Gasteiger partial charge in [0.05, 0.1) is 6.04 Å². The zero-order valence-electron chi connectivity index (χ0n) is 11.0. The Kier molecular flexibility index (Phi) is 4.51. The van der Waals surface area contributed by atoms with E-state index in [-0.39, 0.29) is 11.9 Å². The van der Waals surface area contributed by atoms with Crippen LogP contribution in [0.25, 0.3) is 0 Å². The highest BCUT2D eigenvalue weighted by Crippen LogP contribution is 2.35. The van der Waals surface area contributed by atoms with E-state index >= 15 is 0 Å². The number of thiophene rings is 1. The molecule has 3 rings (SSSR count). The molecule has 1 N–H and O–H groups in total. The van der Waals surface area contributed by atoms with Gasteiger partial charge in [0.2, 0.25) is 0 Å². The summed E-state index contributed by atoms with van der Waals surface area (Å²) in [7, 11) is 0. The lowest BCUT2D eigenvalue weighted by molar-refractivity contribution is 0.198. The van der Waals surface area contributed by atoms with Gasteiger partial charge in [0, 0.05) is 30.7 Å². The number of hydrogen-bond donors (Lipinski definition) is 1. The van der Waals surface area contributed by atoms with Crippen molar-refractivity contribution in [1.82, 2.24) is 10.2 Å². The third-order valence-electron chi connectivity index (χ3n) is 3.63. The Morgan fingerprint density at radius 1 is 1.25 bits per heavy atom. The highest BCUT2D eigenvalue weighted by molar-refractivity contribution is 9.10. The molecular weight excluding hydrogens is 339 g/mol. The third kappa shape index (κ3) is 2.96. The molecule has 2 aromatic rings. The molecule has 1 saturated heterocycles. The molecule has 20 heavy (non-hydrogen) atoms. The van der Waals surface area contributed by atoms with Crippen molar-refractivity contribution in [2.24, 2.45) is 0 Å². The summed E-state index contributed by atoms with van der Waals surface area (Å²) in [5, 5.41) is 7.66. The van der Waals surface area contributed by atoms with Crippen LogP contribution in [0, 0.1) is 5.82 Å². The molecule has 5 heteroatoms. The quantitative estimate of drug-likeness (QED) is 0.904. The van der Waals surface area contributed by atoms with Crippen LogP contribution in [0.3, 0.4) is 0 Å². The van der Waals surface area contributed by atoms with Crippen molar-refractivity contribution in [2.75, 3.05) is 26.2 Å². The molecule has 0 bridgehead atoms. The zero-order valence-corrected chi connectivity index (χ0v) is 13.4. The van der Waals surface area contributed by atoms with Gasteiger partial charge in [-0.1, -0.05) is 22.0 Å². The molecule has 1 aliphatic rings. The van der Waals surface area contributed by atoms with Crippen LogP contribution >= 0.6 is 27.3 Å². The number of rotatable bonds is 3. The highest BCUT2D eigenvalue weighted by atomic mass is 79.9.